The van der Waals surface area contributed by atoms with Crippen LogP contribution in [0.25, 0.3) is 5.69 Å². The number of aryl methyl sites for hydroxylation is 1. The second-order valence-corrected chi connectivity index (χ2v) is 8.63. The number of nitrogens with zero attached hydrogens (tertiary/aromatic N) is 3. The molecule has 4 rings (SSSR count). The minimum Gasteiger partial charge on any atom is -0.463 e. The second kappa shape index (κ2) is 10.1. The van der Waals surface area contributed by atoms with Crippen LogP contribution in [0.1, 0.15) is 24.1 Å². The summed E-state index contributed by atoms with van der Waals surface area (Å²) in [7, 11) is 0. The van der Waals surface area contributed by atoms with Crippen molar-refractivity contribution in [3.63, 3.8) is 0 Å². The molecule has 3 aromatic rings. The summed E-state index contributed by atoms with van der Waals surface area (Å²) in [4.78, 5) is 25.4. The van der Waals surface area contributed by atoms with Gasteiger partial charge in [-0.1, -0.05) is 53.7 Å². The number of amides is 2. The molecule has 1 aromatic heterocycles. The maximum absolute atomic E-state index is 12.9. The normalized spacial score (nSPS) is 15.7. The number of carbonyl (C=O) groups is 2. The molecule has 0 fully saturated rings. The largest absolute Gasteiger partial charge is 0.463 e. The van der Waals surface area contributed by atoms with Gasteiger partial charge in [0.2, 0.25) is 0 Å². The van der Waals surface area contributed by atoms with Gasteiger partial charge in [0.15, 0.2) is 5.16 Å². The first-order valence-corrected chi connectivity index (χ1v) is 11.7. The summed E-state index contributed by atoms with van der Waals surface area (Å²) in [6.07, 6.45) is 1.64. The Hall–Kier alpha value is -3.30. The highest BCUT2D eigenvalue weighted by molar-refractivity contribution is 7.99. The van der Waals surface area contributed by atoms with Crippen LogP contribution in [-0.4, -0.2) is 39.1 Å². The van der Waals surface area contributed by atoms with Crippen molar-refractivity contribution in [2.45, 2.75) is 25.0 Å². The summed E-state index contributed by atoms with van der Waals surface area (Å²) >= 11 is 7.38. The smallest absolute Gasteiger partial charge is 0.338 e. The zero-order chi connectivity index (χ0) is 23.4. The van der Waals surface area contributed by atoms with Crippen molar-refractivity contribution in [1.29, 1.82) is 0 Å². The van der Waals surface area contributed by atoms with Crippen molar-refractivity contribution in [3.05, 3.63) is 82.3 Å². The zero-order valence-corrected chi connectivity index (χ0v) is 19.6. The lowest BCUT2D eigenvalue weighted by molar-refractivity contribution is -0.139. The van der Waals surface area contributed by atoms with E-state index in [-0.39, 0.29) is 12.4 Å². The molecule has 8 nitrogen and oxygen atoms in total. The van der Waals surface area contributed by atoms with Gasteiger partial charge in [0.1, 0.15) is 6.33 Å². The van der Waals surface area contributed by atoms with Crippen LogP contribution in [0.3, 0.4) is 0 Å². The zero-order valence-electron chi connectivity index (χ0n) is 18.0. The van der Waals surface area contributed by atoms with Crippen molar-refractivity contribution in [1.82, 2.24) is 25.4 Å². The number of hydrogen-bond donors (Lipinski definition) is 2. The number of esters is 1. The number of carbonyl (C=O) groups excluding carboxylic acids is 2. The standard InChI is InChI=1S/C23H22ClN5O3S/c1-3-32-21(30)19-17(26-22(31)27-20(19)15-8-10-16(24)11-9-15)12-33-23-28-25-13-29(23)18-7-5-4-6-14(18)2/h4-11,13,20H,3,12H2,1-2H3,(H2,26,27,31). The van der Waals surface area contributed by atoms with Gasteiger partial charge in [-0.15, -0.1) is 10.2 Å². The number of benzene rings is 2. The Morgan fingerprint density at radius 2 is 1.97 bits per heavy atom. The molecule has 1 unspecified atom stereocenters. The number of thioether (sulfide) groups is 1. The molecule has 0 bridgehead atoms. The Balaban J connectivity index is 1.68. The monoisotopic (exact) mass is 483 g/mol. The highest BCUT2D eigenvalue weighted by Crippen LogP contribution is 2.31. The van der Waals surface area contributed by atoms with Crippen molar-refractivity contribution in [2.24, 2.45) is 0 Å². The first kappa shape index (κ1) is 22.9. The number of aromatic nitrogens is 3. The molecular formula is C23H22ClN5O3S. The summed E-state index contributed by atoms with van der Waals surface area (Å²) < 4.78 is 7.19. The number of nitrogens with one attached hydrogen (secondary N) is 2. The van der Waals surface area contributed by atoms with Gasteiger partial charge in [0.25, 0.3) is 0 Å². The average Bonchev–Trinajstić information content (AvgIpc) is 3.26. The lowest BCUT2D eigenvalue weighted by atomic mass is 9.95. The van der Waals surface area contributed by atoms with E-state index in [9.17, 15) is 9.59 Å². The van der Waals surface area contributed by atoms with Crippen LogP contribution in [0.2, 0.25) is 5.02 Å². The molecule has 2 N–H and O–H groups in total. The molecular weight excluding hydrogens is 462 g/mol. The lowest BCUT2D eigenvalue weighted by Crippen LogP contribution is -2.46. The first-order valence-electron chi connectivity index (χ1n) is 10.3. The summed E-state index contributed by atoms with van der Waals surface area (Å²) in [5.74, 6) is -0.211. The molecule has 0 spiro atoms. The Kier molecular flexibility index (Phi) is 7.00. The van der Waals surface area contributed by atoms with Gasteiger partial charge in [0.05, 0.1) is 23.9 Å². The van der Waals surface area contributed by atoms with E-state index >= 15 is 0 Å². The highest BCUT2D eigenvalue weighted by Gasteiger charge is 2.33. The second-order valence-electron chi connectivity index (χ2n) is 7.25. The third-order valence-electron chi connectivity index (χ3n) is 5.09. The van der Waals surface area contributed by atoms with Gasteiger partial charge in [-0.05, 0) is 43.2 Å². The van der Waals surface area contributed by atoms with E-state index in [4.69, 9.17) is 16.3 Å². The van der Waals surface area contributed by atoms with E-state index in [2.05, 4.69) is 20.8 Å². The molecule has 33 heavy (non-hydrogen) atoms. The predicted molar refractivity (Wildman–Crippen MR) is 126 cm³/mol. The molecule has 0 aliphatic carbocycles. The maximum Gasteiger partial charge on any atom is 0.338 e. The summed E-state index contributed by atoms with van der Waals surface area (Å²) in [5, 5.41) is 15.1. The fraction of sp³-hybridized carbons (Fsp3) is 0.217. The van der Waals surface area contributed by atoms with E-state index in [1.54, 1.807) is 37.5 Å². The number of urea groups is 1. The van der Waals surface area contributed by atoms with Crippen LogP contribution in [0.5, 0.6) is 0 Å². The third kappa shape index (κ3) is 5.04. The van der Waals surface area contributed by atoms with E-state index in [0.29, 0.717) is 21.4 Å². The molecule has 2 aromatic carbocycles. The van der Waals surface area contributed by atoms with Gasteiger partial charge in [-0.2, -0.15) is 0 Å². The van der Waals surface area contributed by atoms with E-state index < -0.39 is 18.0 Å². The Morgan fingerprint density at radius 3 is 2.70 bits per heavy atom. The maximum atomic E-state index is 12.9. The lowest BCUT2D eigenvalue weighted by Gasteiger charge is -2.29. The SMILES string of the molecule is CCOC(=O)C1=C(CSc2nncn2-c2ccccc2C)NC(=O)NC1c1ccc(Cl)cc1. The molecule has 1 atom stereocenters. The van der Waals surface area contributed by atoms with E-state index in [1.807, 2.05) is 35.8 Å². The molecule has 0 radical (unpaired) electrons. The van der Waals surface area contributed by atoms with Gasteiger partial charge in [-0.25, -0.2) is 9.59 Å². The fourth-order valence-electron chi connectivity index (χ4n) is 3.55. The third-order valence-corrected chi connectivity index (χ3v) is 6.31. The Morgan fingerprint density at radius 1 is 1.21 bits per heavy atom. The highest BCUT2D eigenvalue weighted by atomic mass is 35.5. The average molecular weight is 484 g/mol. The van der Waals surface area contributed by atoms with E-state index in [1.165, 1.54) is 11.8 Å². The minimum atomic E-state index is -0.667. The first-order chi connectivity index (χ1) is 16.0. The molecule has 170 valence electrons. The van der Waals surface area contributed by atoms with Crippen molar-refractivity contribution in [2.75, 3.05) is 12.4 Å². The fourth-order valence-corrected chi connectivity index (χ4v) is 4.56. The van der Waals surface area contributed by atoms with Gasteiger partial charge in [-0.3, -0.25) is 4.57 Å². The molecule has 0 saturated carbocycles. The Labute approximate surface area is 200 Å². The van der Waals surface area contributed by atoms with Crippen molar-refractivity contribution < 1.29 is 14.3 Å². The molecule has 2 amide bonds. The molecule has 1 aliphatic rings. The van der Waals surface area contributed by atoms with Crippen LogP contribution < -0.4 is 10.6 Å². The topological polar surface area (TPSA) is 98.1 Å². The Bertz CT molecular complexity index is 1210. The number of para-hydroxylation sites is 1. The van der Waals surface area contributed by atoms with Gasteiger partial charge < -0.3 is 15.4 Å². The summed E-state index contributed by atoms with van der Waals surface area (Å²) in [6.45, 7) is 3.96. The van der Waals surface area contributed by atoms with Gasteiger partial charge >= 0.3 is 12.0 Å². The predicted octanol–water partition coefficient (Wildman–Crippen LogP) is 4.19. The molecule has 10 heteroatoms. The number of hydrogen-bond acceptors (Lipinski definition) is 6. The van der Waals surface area contributed by atoms with Crippen LogP contribution in [0.4, 0.5) is 4.79 Å². The van der Waals surface area contributed by atoms with Crippen LogP contribution >= 0.6 is 23.4 Å². The quantitative estimate of drug-likeness (QED) is 0.386. The van der Waals surface area contributed by atoms with Crippen LogP contribution in [0.15, 0.2) is 71.3 Å². The number of ether oxygens (including phenoxy) is 1. The molecule has 2 heterocycles. The number of halogens is 1. The van der Waals surface area contributed by atoms with Crippen molar-refractivity contribution >= 4 is 35.4 Å². The number of rotatable bonds is 7. The van der Waals surface area contributed by atoms with E-state index in [0.717, 1.165) is 16.8 Å². The summed E-state index contributed by atoms with van der Waals surface area (Å²) in [5.41, 5.74) is 3.55. The van der Waals surface area contributed by atoms with Crippen LogP contribution in [0, 0.1) is 6.92 Å². The summed E-state index contributed by atoms with van der Waals surface area (Å²) in [6, 6.07) is 13.8. The van der Waals surface area contributed by atoms with Crippen LogP contribution in [-0.2, 0) is 9.53 Å². The minimum absolute atomic E-state index is 0.214. The van der Waals surface area contributed by atoms with Crippen molar-refractivity contribution in [3.8, 4) is 5.69 Å². The van der Waals surface area contributed by atoms with Gasteiger partial charge in [0, 0.05) is 16.5 Å². The molecule has 0 saturated heterocycles. The molecule has 1 aliphatic heterocycles.